The summed E-state index contributed by atoms with van der Waals surface area (Å²) in [5.41, 5.74) is 2.47. The zero-order chi connectivity index (χ0) is 30.7. The predicted molar refractivity (Wildman–Crippen MR) is 159 cm³/mol. The minimum atomic E-state index is -3.90. The summed E-state index contributed by atoms with van der Waals surface area (Å²) in [7, 11) is -2.72. The number of ether oxygens (including phenoxy) is 1. The topological polar surface area (TPSA) is 97.1 Å². The standard InChI is InChI=1S/C33H29FN2O6S/c1-22-9-17-29(18-10-22)43(39,40)35(20-24-7-5-4-6-8-24)21-28-16-15-27(42-28)19-30-32(37)31(33(38)41-3)23(2)36(30)26-13-11-25(34)12-14-26/h4-19H,20-21H2,1-3H3/b30-19+. The molecular formula is C33H29FN2O6S. The minimum Gasteiger partial charge on any atom is -0.465 e. The molecule has 3 aromatic carbocycles. The molecule has 220 valence electrons. The molecule has 0 radical (unpaired) electrons. The summed E-state index contributed by atoms with van der Waals surface area (Å²) in [6.45, 7) is 3.51. The van der Waals surface area contributed by atoms with Crippen LogP contribution in [0.3, 0.4) is 0 Å². The molecule has 1 aromatic heterocycles. The number of esters is 1. The number of anilines is 1. The van der Waals surface area contributed by atoms with Gasteiger partial charge in [-0.2, -0.15) is 4.31 Å². The van der Waals surface area contributed by atoms with Crippen molar-refractivity contribution in [1.29, 1.82) is 0 Å². The van der Waals surface area contributed by atoms with E-state index in [9.17, 15) is 22.4 Å². The lowest BCUT2D eigenvalue weighted by molar-refractivity contribution is -0.137. The molecule has 0 atom stereocenters. The van der Waals surface area contributed by atoms with Crippen molar-refractivity contribution in [2.45, 2.75) is 31.8 Å². The summed E-state index contributed by atoms with van der Waals surface area (Å²) >= 11 is 0. The molecule has 43 heavy (non-hydrogen) atoms. The van der Waals surface area contributed by atoms with Gasteiger partial charge in [0.15, 0.2) is 0 Å². The van der Waals surface area contributed by atoms with Gasteiger partial charge in [0, 0.05) is 24.0 Å². The highest BCUT2D eigenvalue weighted by molar-refractivity contribution is 7.89. The van der Waals surface area contributed by atoms with Crippen molar-refractivity contribution in [3.8, 4) is 0 Å². The molecular weight excluding hydrogens is 571 g/mol. The Morgan fingerprint density at radius 2 is 1.60 bits per heavy atom. The molecule has 4 aromatic rings. The number of hydrogen-bond acceptors (Lipinski definition) is 7. The first-order valence-corrected chi connectivity index (χ1v) is 14.8. The highest BCUT2D eigenvalue weighted by Crippen LogP contribution is 2.36. The second-order valence-electron chi connectivity index (χ2n) is 10.00. The average molecular weight is 601 g/mol. The highest BCUT2D eigenvalue weighted by atomic mass is 32.2. The normalized spacial score (nSPS) is 14.7. The maximum absolute atomic E-state index is 13.7. The monoisotopic (exact) mass is 600 g/mol. The van der Waals surface area contributed by atoms with Crippen molar-refractivity contribution in [3.63, 3.8) is 0 Å². The van der Waals surface area contributed by atoms with E-state index in [0.29, 0.717) is 17.1 Å². The van der Waals surface area contributed by atoms with Crippen LogP contribution in [0.5, 0.6) is 0 Å². The first-order valence-electron chi connectivity index (χ1n) is 13.4. The molecule has 8 nitrogen and oxygen atoms in total. The molecule has 5 rings (SSSR count). The molecule has 0 saturated carbocycles. The summed E-state index contributed by atoms with van der Waals surface area (Å²) in [5, 5.41) is 0. The molecule has 1 aliphatic rings. The minimum absolute atomic E-state index is 0.0748. The molecule has 0 saturated heterocycles. The fourth-order valence-electron chi connectivity index (χ4n) is 4.82. The van der Waals surface area contributed by atoms with Crippen LogP contribution in [-0.4, -0.2) is 31.6 Å². The Labute approximate surface area is 249 Å². The molecule has 10 heteroatoms. The number of sulfonamides is 1. The predicted octanol–water partition coefficient (Wildman–Crippen LogP) is 6.00. The molecule has 0 aliphatic carbocycles. The van der Waals surface area contributed by atoms with Gasteiger partial charge in [-0.1, -0.05) is 48.0 Å². The van der Waals surface area contributed by atoms with Crippen LogP contribution in [0, 0.1) is 12.7 Å². The fourth-order valence-corrected chi connectivity index (χ4v) is 6.21. The lowest BCUT2D eigenvalue weighted by Gasteiger charge is -2.22. The molecule has 0 fully saturated rings. The Kier molecular flexibility index (Phi) is 8.43. The Morgan fingerprint density at radius 3 is 2.26 bits per heavy atom. The van der Waals surface area contributed by atoms with E-state index in [0.717, 1.165) is 11.1 Å². The first-order chi connectivity index (χ1) is 20.6. The maximum atomic E-state index is 13.7. The second-order valence-corrected chi connectivity index (χ2v) is 11.9. The Hall–Kier alpha value is -4.80. The number of ketones is 1. The zero-order valence-corrected chi connectivity index (χ0v) is 24.6. The van der Waals surface area contributed by atoms with Crippen molar-refractivity contribution >= 4 is 33.5 Å². The van der Waals surface area contributed by atoms with E-state index in [1.807, 2.05) is 37.3 Å². The molecule has 0 unspecified atom stereocenters. The quantitative estimate of drug-likeness (QED) is 0.132. The Morgan fingerprint density at radius 1 is 0.930 bits per heavy atom. The van der Waals surface area contributed by atoms with Gasteiger partial charge in [0.05, 0.1) is 24.2 Å². The number of methoxy groups -OCH3 is 1. The summed E-state index contributed by atoms with van der Waals surface area (Å²) < 4.78 is 53.3. The van der Waals surface area contributed by atoms with Crippen molar-refractivity contribution in [2.75, 3.05) is 12.0 Å². The number of carbonyl (C=O) groups is 2. The van der Waals surface area contributed by atoms with Gasteiger partial charge in [-0.25, -0.2) is 17.6 Å². The third-order valence-corrected chi connectivity index (χ3v) is 8.83. The molecule has 2 heterocycles. The highest BCUT2D eigenvalue weighted by Gasteiger charge is 2.38. The van der Waals surface area contributed by atoms with E-state index in [4.69, 9.17) is 9.15 Å². The van der Waals surface area contributed by atoms with Gasteiger partial charge in [-0.15, -0.1) is 0 Å². The lowest BCUT2D eigenvalue weighted by atomic mass is 10.1. The number of aryl methyl sites for hydroxylation is 1. The van der Waals surface area contributed by atoms with Gasteiger partial charge in [-0.3, -0.25) is 4.79 Å². The first kappa shape index (κ1) is 29.7. The smallest absolute Gasteiger partial charge is 0.343 e. The Balaban J connectivity index is 1.49. The number of halogens is 1. The molecule has 1 aliphatic heterocycles. The van der Waals surface area contributed by atoms with E-state index < -0.39 is 27.6 Å². The van der Waals surface area contributed by atoms with E-state index in [2.05, 4.69) is 0 Å². The van der Waals surface area contributed by atoms with E-state index >= 15 is 0 Å². The summed E-state index contributed by atoms with van der Waals surface area (Å²) in [4.78, 5) is 27.6. The van der Waals surface area contributed by atoms with Crippen LogP contribution in [-0.2, 0) is 37.4 Å². The van der Waals surface area contributed by atoms with Crippen molar-refractivity contribution in [2.24, 2.45) is 0 Å². The average Bonchev–Trinajstić information content (AvgIpc) is 3.54. The third kappa shape index (κ3) is 6.20. The molecule has 0 N–H and O–H groups in total. The third-order valence-electron chi connectivity index (χ3n) is 7.03. The summed E-state index contributed by atoms with van der Waals surface area (Å²) in [6, 6.07) is 24.6. The number of Topliss-reactive ketones (excluding diaryl/α,β-unsaturated/α-hetero) is 1. The number of carbonyl (C=O) groups excluding carboxylic acids is 2. The van der Waals surface area contributed by atoms with E-state index in [1.54, 1.807) is 43.3 Å². The van der Waals surface area contributed by atoms with Crippen molar-refractivity contribution in [3.05, 3.63) is 136 Å². The summed E-state index contributed by atoms with van der Waals surface area (Å²) in [5.74, 6) is -1.23. The van der Waals surface area contributed by atoms with Crippen molar-refractivity contribution in [1.82, 2.24) is 4.31 Å². The maximum Gasteiger partial charge on any atom is 0.343 e. The van der Waals surface area contributed by atoms with Crippen LogP contribution in [0.4, 0.5) is 10.1 Å². The van der Waals surface area contributed by atoms with Crippen molar-refractivity contribution < 1.29 is 31.6 Å². The van der Waals surface area contributed by atoms with Crippen LogP contribution in [0.1, 0.15) is 29.6 Å². The van der Waals surface area contributed by atoms with Gasteiger partial charge in [0.25, 0.3) is 0 Å². The van der Waals surface area contributed by atoms with Crippen LogP contribution in [0.2, 0.25) is 0 Å². The van der Waals surface area contributed by atoms with E-state index in [-0.39, 0.29) is 35.0 Å². The number of nitrogens with zero attached hydrogens (tertiary/aromatic N) is 2. The van der Waals surface area contributed by atoms with Gasteiger partial charge in [0.2, 0.25) is 15.8 Å². The number of benzene rings is 3. The van der Waals surface area contributed by atoms with Crippen LogP contribution < -0.4 is 4.90 Å². The van der Waals surface area contributed by atoms with Gasteiger partial charge in [0.1, 0.15) is 22.9 Å². The molecule has 0 amide bonds. The molecule has 0 bridgehead atoms. The SMILES string of the molecule is COC(=O)C1=C(C)N(c2ccc(F)cc2)/C(=C/c2ccc(CN(Cc3ccccc3)S(=O)(=O)c3ccc(C)cc3)o2)C1=O. The second kappa shape index (κ2) is 12.2. The van der Waals surface area contributed by atoms with E-state index in [1.165, 1.54) is 46.7 Å². The number of hydrogen-bond donors (Lipinski definition) is 0. The largest absolute Gasteiger partial charge is 0.465 e. The number of rotatable bonds is 9. The Bertz CT molecular complexity index is 1830. The summed E-state index contributed by atoms with van der Waals surface area (Å²) in [6.07, 6.45) is 1.46. The van der Waals surface area contributed by atoms with Crippen LogP contribution in [0.25, 0.3) is 6.08 Å². The van der Waals surface area contributed by atoms with Gasteiger partial charge in [-0.05, 0) is 67.9 Å². The number of allylic oxidation sites excluding steroid dienone is 2. The molecule has 0 spiro atoms. The van der Waals surface area contributed by atoms with Gasteiger partial charge < -0.3 is 14.1 Å². The van der Waals surface area contributed by atoms with Crippen LogP contribution in [0.15, 0.2) is 117 Å². The van der Waals surface area contributed by atoms with Gasteiger partial charge >= 0.3 is 5.97 Å². The fraction of sp³-hybridized carbons (Fsp3) is 0.152. The lowest BCUT2D eigenvalue weighted by Crippen LogP contribution is -2.30. The van der Waals surface area contributed by atoms with Crippen LogP contribution >= 0.6 is 0 Å². The zero-order valence-electron chi connectivity index (χ0n) is 23.8. The number of furan rings is 1.